The molecule has 2 rings (SSSR count). The monoisotopic (exact) mass is 274 g/mol. The Hall–Kier alpha value is -1.45. The van der Waals surface area contributed by atoms with Crippen LogP contribution >= 0.6 is 11.3 Å². The molecule has 0 aliphatic carbocycles. The van der Waals surface area contributed by atoms with E-state index in [0.717, 1.165) is 20.9 Å². The summed E-state index contributed by atoms with van der Waals surface area (Å²) in [5, 5.41) is 0. The molecular weight excluding hydrogens is 256 g/mol. The number of carbonyl (C=O) groups is 1. The van der Waals surface area contributed by atoms with Gasteiger partial charge in [0, 0.05) is 15.3 Å². The molecule has 1 unspecified atom stereocenters. The highest BCUT2D eigenvalue weighted by atomic mass is 32.1. The minimum absolute atomic E-state index is 0.0598. The second kappa shape index (κ2) is 6.13. The SMILES string of the molecule is Cc1cc(C(=O)COC(C)c2ccccc2)c(C)s1. The van der Waals surface area contributed by atoms with Crippen LogP contribution in [0.2, 0.25) is 0 Å². The normalized spacial score (nSPS) is 12.4. The zero-order chi connectivity index (χ0) is 13.8. The Labute approximate surface area is 118 Å². The van der Waals surface area contributed by atoms with Crippen molar-refractivity contribution in [2.75, 3.05) is 6.61 Å². The topological polar surface area (TPSA) is 26.3 Å². The van der Waals surface area contributed by atoms with Gasteiger partial charge >= 0.3 is 0 Å². The Balaban J connectivity index is 1.96. The summed E-state index contributed by atoms with van der Waals surface area (Å²) in [5.41, 5.74) is 1.89. The zero-order valence-electron chi connectivity index (χ0n) is 11.5. The number of hydrogen-bond acceptors (Lipinski definition) is 3. The minimum atomic E-state index is -0.0646. The second-order valence-electron chi connectivity index (χ2n) is 4.61. The van der Waals surface area contributed by atoms with E-state index in [9.17, 15) is 4.79 Å². The van der Waals surface area contributed by atoms with Gasteiger partial charge in [0.1, 0.15) is 6.61 Å². The van der Waals surface area contributed by atoms with Crippen LogP contribution in [0.3, 0.4) is 0 Å². The first-order chi connectivity index (χ1) is 9.08. The first-order valence-corrected chi connectivity index (χ1v) is 7.16. The molecule has 0 amide bonds. The zero-order valence-corrected chi connectivity index (χ0v) is 12.3. The van der Waals surface area contributed by atoms with Crippen LogP contribution in [0.5, 0.6) is 0 Å². The molecule has 0 aliphatic heterocycles. The molecular formula is C16H18O2S. The van der Waals surface area contributed by atoms with Crippen LogP contribution in [0, 0.1) is 13.8 Å². The third-order valence-electron chi connectivity index (χ3n) is 3.07. The van der Waals surface area contributed by atoms with Crippen molar-refractivity contribution < 1.29 is 9.53 Å². The van der Waals surface area contributed by atoms with E-state index in [1.165, 1.54) is 0 Å². The van der Waals surface area contributed by atoms with Crippen LogP contribution in [-0.4, -0.2) is 12.4 Å². The van der Waals surface area contributed by atoms with Gasteiger partial charge < -0.3 is 4.74 Å². The quantitative estimate of drug-likeness (QED) is 0.759. The number of carbonyl (C=O) groups excluding carboxylic acids is 1. The van der Waals surface area contributed by atoms with Crippen molar-refractivity contribution in [1.29, 1.82) is 0 Å². The molecule has 0 saturated heterocycles. The van der Waals surface area contributed by atoms with Crippen LogP contribution < -0.4 is 0 Å². The van der Waals surface area contributed by atoms with Gasteiger partial charge in [-0.2, -0.15) is 0 Å². The number of aryl methyl sites for hydroxylation is 2. The van der Waals surface area contributed by atoms with Crippen LogP contribution in [0.4, 0.5) is 0 Å². The highest BCUT2D eigenvalue weighted by Crippen LogP contribution is 2.22. The first-order valence-electron chi connectivity index (χ1n) is 6.34. The number of Topliss-reactive ketones (excluding diaryl/α,β-unsaturated/α-hetero) is 1. The summed E-state index contributed by atoms with van der Waals surface area (Å²) in [7, 11) is 0. The van der Waals surface area contributed by atoms with Gasteiger partial charge in [0.2, 0.25) is 0 Å². The van der Waals surface area contributed by atoms with Crippen LogP contribution in [0.15, 0.2) is 36.4 Å². The van der Waals surface area contributed by atoms with Crippen LogP contribution in [-0.2, 0) is 4.74 Å². The largest absolute Gasteiger partial charge is 0.366 e. The number of thiophene rings is 1. The summed E-state index contributed by atoms with van der Waals surface area (Å²) in [6.07, 6.45) is -0.0646. The number of benzene rings is 1. The Morgan fingerprint density at radius 3 is 2.53 bits per heavy atom. The maximum atomic E-state index is 12.1. The number of hydrogen-bond donors (Lipinski definition) is 0. The summed E-state index contributed by atoms with van der Waals surface area (Å²) in [4.78, 5) is 14.3. The molecule has 2 nitrogen and oxygen atoms in total. The summed E-state index contributed by atoms with van der Waals surface area (Å²) in [6.45, 7) is 6.09. The Morgan fingerprint density at radius 1 is 1.26 bits per heavy atom. The fourth-order valence-electron chi connectivity index (χ4n) is 2.01. The lowest BCUT2D eigenvalue weighted by Gasteiger charge is -2.12. The molecule has 3 heteroatoms. The molecule has 100 valence electrons. The molecule has 19 heavy (non-hydrogen) atoms. The Kier molecular flexibility index (Phi) is 4.51. The van der Waals surface area contributed by atoms with E-state index in [1.807, 2.05) is 57.2 Å². The lowest BCUT2D eigenvalue weighted by atomic mass is 10.1. The van der Waals surface area contributed by atoms with E-state index in [0.29, 0.717) is 0 Å². The molecule has 0 spiro atoms. The molecule has 0 aliphatic rings. The maximum Gasteiger partial charge on any atom is 0.189 e. The van der Waals surface area contributed by atoms with E-state index >= 15 is 0 Å². The smallest absolute Gasteiger partial charge is 0.189 e. The Morgan fingerprint density at radius 2 is 1.95 bits per heavy atom. The summed E-state index contributed by atoms with van der Waals surface area (Å²) in [5.74, 6) is 0.0598. The average Bonchev–Trinajstić information content (AvgIpc) is 2.75. The van der Waals surface area contributed by atoms with E-state index < -0.39 is 0 Å². The van der Waals surface area contributed by atoms with Crippen molar-refractivity contribution in [1.82, 2.24) is 0 Å². The van der Waals surface area contributed by atoms with E-state index in [1.54, 1.807) is 11.3 Å². The van der Waals surface area contributed by atoms with Gasteiger partial charge in [-0.3, -0.25) is 4.79 Å². The molecule has 0 bridgehead atoms. The highest BCUT2D eigenvalue weighted by molar-refractivity contribution is 7.12. The third-order valence-corrected chi connectivity index (χ3v) is 4.04. The van der Waals surface area contributed by atoms with E-state index in [4.69, 9.17) is 4.74 Å². The van der Waals surface area contributed by atoms with Gasteiger partial charge in [0.15, 0.2) is 5.78 Å². The number of ketones is 1. The highest BCUT2D eigenvalue weighted by Gasteiger charge is 2.14. The van der Waals surface area contributed by atoms with Gasteiger partial charge in [0.05, 0.1) is 6.10 Å². The summed E-state index contributed by atoms with van der Waals surface area (Å²) < 4.78 is 5.66. The average molecular weight is 274 g/mol. The summed E-state index contributed by atoms with van der Waals surface area (Å²) in [6, 6.07) is 11.9. The van der Waals surface area contributed by atoms with Crippen molar-refractivity contribution in [3.8, 4) is 0 Å². The van der Waals surface area contributed by atoms with Crippen molar-refractivity contribution in [3.05, 3.63) is 57.3 Å². The van der Waals surface area contributed by atoms with Crippen molar-refractivity contribution in [2.24, 2.45) is 0 Å². The molecule has 1 heterocycles. The van der Waals surface area contributed by atoms with Gasteiger partial charge in [-0.25, -0.2) is 0 Å². The van der Waals surface area contributed by atoms with Crippen molar-refractivity contribution in [3.63, 3.8) is 0 Å². The van der Waals surface area contributed by atoms with Gasteiger partial charge in [-0.15, -0.1) is 11.3 Å². The standard InChI is InChI=1S/C16H18O2S/c1-11-9-15(13(3)19-11)16(17)10-18-12(2)14-7-5-4-6-8-14/h4-9,12H,10H2,1-3H3. The molecule has 0 fully saturated rings. The molecule has 2 aromatic rings. The molecule has 1 aromatic heterocycles. The van der Waals surface area contributed by atoms with Gasteiger partial charge in [-0.1, -0.05) is 30.3 Å². The van der Waals surface area contributed by atoms with E-state index in [-0.39, 0.29) is 18.5 Å². The number of ether oxygens (including phenoxy) is 1. The van der Waals surface area contributed by atoms with E-state index in [2.05, 4.69) is 0 Å². The lowest BCUT2D eigenvalue weighted by molar-refractivity contribution is 0.0521. The number of rotatable bonds is 5. The molecule has 0 saturated carbocycles. The second-order valence-corrected chi connectivity index (χ2v) is 6.07. The lowest BCUT2D eigenvalue weighted by Crippen LogP contribution is -2.11. The van der Waals surface area contributed by atoms with Crippen LogP contribution in [0.1, 0.15) is 38.7 Å². The Bertz CT molecular complexity index is 557. The third kappa shape index (κ3) is 3.52. The van der Waals surface area contributed by atoms with Crippen molar-refractivity contribution >= 4 is 17.1 Å². The molecule has 0 N–H and O–H groups in total. The predicted molar refractivity (Wildman–Crippen MR) is 78.9 cm³/mol. The maximum absolute atomic E-state index is 12.1. The predicted octanol–water partition coefficient (Wildman–Crippen LogP) is 4.33. The summed E-state index contributed by atoms with van der Waals surface area (Å²) >= 11 is 1.65. The fourth-order valence-corrected chi connectivity index (χ4v) is 2.95. The van der Waals surface area contributed by atoms with Gasteiger partial charge in [-0.05, 0) is 32.4 Å². The van der Waals surface area contributed by atoms with Gasteiger partial charge in [0.25, 0.3) is 0 Å². The molecule has 1 atom stereocenters. The fraction of sp³-hybridized carbons (Fsp3) is 0.312. The molecule has 1 aromatic carbocycles. The van der Waals surface area contributed by atoms with Crippen molar-refractivity contribution in [2.45, 2.75) is 26.9 Å². The molecule has 0 radical (unpaired) electrons. The minimum Gasteiger partial charge on any atom is -0.366 e. The first kappa shape index (κ1) is 14.0. The van der Waals surface area contributed by atoms with Crippen LogP contribution in [0.25, 0.3) is 0 Å².